The van der Waals surface area contributed by atoms with Gasteiger partial charge in [-0.2, -0.15) is 0 Å². The van der Waals surface area contributed by atoms with E-state index in [0.29, 0.717) is 17.0 Å². The Morgan fingerprint density at radius 2 is 1.75 bits per heavy atom. The molecule has 0 atom stereocenters. The van der Waals surface area contributed by atoms with Crippen LogP contribution >= 0.6 is 34.8 Å². The van der Waals surface area contributed by atoms with Crippen LogP contribution in [0.4, 0.5) is 5.69 Å². The Balaban J connectivity index is 2.02. The number of nitrogens with zero attached hydrogens (tertiary/aromatic N) is 3. The van der Waals surface area contributed by atoms with E-state index in [1.54, 1.807) is 28.9 Å². The summed E-state index contributed by atoms with van der Waals surface area (Å²) in [6.45, 7) is 0. The lowest BCUT2D eigenvalue weighted by Crippen LogP contribution is -1.98. The van der Waals surface area contributed by atoms with Gasteiger partial charge in [-0.1, -0.05) is 59.1 Å². The van der Waals surface area contributed by atoms with E-state index in [1.807, 2.05) is 18.3 Å². The summed E-state index contributed by atoms with van der Waals surface area (Å²) in [4.78, 5) is 8.56. The number of nitrogen functional groups attached to an aromatic ring is 1. The molecule has 3 aromatic rings. The van der Waals surface area contributed by atoms with Gasteiger partial charge in [-0.25, -0.2) is 9.97 Å². The number of fused-ring (bicyclic) bond motifs is 1. The monoisotopic (exact) mass is 326 g/mol. The molecule has 0 radical (unpaired) electrons. The summed E-state index contributed by atoms with van der Waals surface area (Å²) < 4.78 is 0.348. The standard InChI is InChI=1S/C13H9Cl3N4/c14-13(15,16)9-3-1-8(2-4-9)11-7-20-6-10(17)5-18-12(20)19-11/h1-7H,17H2. The quantitative estimate of drug-likeness (QED) is 0.692. The number of halogens is 3. The van der Waals surface area contributed by atoms with Gasteiger partial charge in [-0.3, -0.25) is 4.40 Å². The van der Waals surface area contributed by atoms with Gasteiger partial charge in [-0.15, -0.1) is 0 Å². The van der Waals surface area contributed by atoms with Crippen molar-refractivity contribution >= 4 is 46.3 Å². The normalized spacial score (nSPS) is 11.9. The third-order valence-corrected chi connectivity index (χ3v) is 3.49. The van der Waals surface area contributed by atoms with Gasteiger partial charge in [-0.05, 0) is 0 Å². The largest absolute Gasteiger partial charge is 0.396 e. The van der Waals surface area contributed by atoms with Gasteiger partial charge < -0.3 is 5.73 Å². The first kappa shape index (κ1) is 13.5. The molecule has 2 aromatic heterocycles. The van der Waals surface area contributed by atoms with Crippen molar-refractivity contribution in [2.45, 2.75) is 3.79 Å². The molecule has 2 N–H and O–H groups in total. The van der Waals surface area contributed by atoms with Gasteiger partial charge in [0.2, 0.25) is 9.57 Å². The Kier molecular flexibility index (Phi) is 3.24. The molecule has 0 saturated carbocycles. The Bertz CT molecular complexity index is 759. The number of hydrogen-bond donors (Lipinski definition) is 1. The number of nitrogens with two attached hydrogens (primary N) is 1. The van der Waals surface area contributed by atoms with E-state index < -0.39 is 3.79 Å². The Hall–Kier alpha value is -1.49. The molecule has 0 saturated heterocycles. The van der Waals surface area contributed by atoms with Crippen LogP contribution in [0.15, 0.2) is 42.9 Å². The lowest BCUT2D eigenvalue weighted by molar-refractivity contribution is 1.11. The van der Waals surface area contributed by atoms with E-state index in [-0.39, 0.29) is 0 Å². The van der Waals surface area contributed by atoms with Crippen LogP contribution in [-0.4, -0.2) is 14.4 Å². The van der Waals surface area contributed by atoms with Crippen LogP contribution in [0.5, 0.6) is 0 Å². The highest BCUT2D eigenvalue weighted by molar-refractivity contribution is 6.66. The van der Waals surface area contributed by atoms with Gasteiger partial charge in [0.25, 0.3) is 0 Å². The van der Waals surface area contributed by atoms with Crippen LogP contribution in [-0.2, 0) is 3.79 Å². The molecule has 0 amide bonds. The molecule has 0 fully saturated rings. The average molecular weight is 328 g/mol. The fraction of sp³-hybridized carbons (Fsp3) is 0.0769. The molecule has 0 aliphatic heterocycles. The first-order chi connectivity index (χ1) is 9.43. The summed E-state index contributed by atoms with van der Waals surface area (Å²) in [5.41, 5.74) is 8.56. The van der Waals surface area contributed by atoms with E-state index in [9.17, 15) is 0 Å². The fourth-order valence-electron chi connectivity index (χ4n) is 1.87. The molecule has 7 heteroatoms. The van der Waals surface area contributed by atoms with E-state index in [2.05, 4.69) is 9.97 Å². The van der Waals surface area contributed by atoms with E-state index in [0.717, 1.165) is 11.3 Å². The second kappa shape index (κ2) is 4.81. The van der Waals surface area contributed by atoms with Crippen molar-refractivity contribution in [3.63, 3.8) is 0 Å². The molecule has 0 bridgehead atoms. The van der Waals surface area contributed by atoms with Gasteiger partial charge >= 0.3 is 0 Å². The van der Waals surface area contributed by atoms with Crippen molar-refractivity contribution in [3.8, 4) is 11.3 Å². The van der Waals surface area contributed by atoms with Gasteiger partial charge in [0.15, 0.2) is 0 Å². The van der Waals surface area contributed by atoms with Crippen molar-refractivity contribution in [1.82, 2.24) is 14.4 Å². The zero-order valence-corrected chi connectivity index (χ0v) is 12.4. The molecule has 0 spiro atoms. The lowest BCUT2D eigenvalue weighted by Gasteiger charge is -2.10. The second-order valence-corrected chi connectivity index (χ2v) is 6.58. The number of aromatic nitrogens is 3. The minimum atomic E-state index is -1.42. The van der Waals surface area contributed by atoms with Crippen LogP contribution in [0.1, 0.15) is 5.56 Å². The molecular formula is C13H9Cl3N4. The van der Waals surface area contributed by atoms with Crippen molar-refractivity contribution in [2.24, 2.45) is 0 Å². The number of rotatable bonds is 1. The Morgan fingerprint density at radius 3 is 2.40 bits per heavy atom. The first-order valence-corrected chi connectivity index (χ1v) is 6.85. The summed E-state index contributed by atoms with van der Waals surface area (Å²) >= 11 is 17.5. The summed E-state index contributed by atoms with van der Waals surface area (Å²) in [5, 5.41) is 0. The molecule has 4 nitrogen and oxygen atoms in total. The third kappa shape index (κ3) is 2.54. The van der Waals surface area contributed by atoms with Crippen LogP contribution in [0.25, 0.3) is 17.0 Å². The van der Waals surface area contributed by atoms with Gasteiger partial charge in [0.05, 0.1) is 17.6 Å². The third-order valence-electron chi connectivity index (χ3n) is 2.84. The number of alkyl halides is 3. The van der Waals surface area contributed by atoms with E-state index >= 15 is 0 Å². The Morgan fingerprint density at radius 1 is 1.05 bits per heavy atom. The zero-order chi connectivity index (χ0) is 14.3. The average Bonchev–Trinajstić information content (AvgIpc) is 2.80. The molecule has 102 valence electrons. The first-order valence-electron chi connectivity index (χ1n) is 5.71. The van der Waals surface area contributed by atoms with Crippen LogP contribution in [0, 0.1) is 0 Å². The smallest absolute Gasteiger partial charge is 0.234 e. The maximum Gasteiger partial charge on any atom is 0.234 e. The maximum absolute atomic E-state index is 5.83. The van der Waals surface area contributed by atoms with Crippen molar-refractivity contribution < 1.29 is 0 Å². The molecular weight excluding hydrogens is 319 g/mol. The summed E-state index contributed by atoms with van der Waals surface area (Å²) in [6.07, 6.45) is 5.18. The molecule has 0 aliphatic carbocycles. The summed E-state index contributed by atoms with van der Waals surface area (Å²) in [7, 11) is 0. The number of anilines is 1. The van der Waals surface area contributed by atoms with E-state index in [4.69, 9.17) is 40.5 Å². The highest BCUT2D eigenvalue weighted by atomic mass is 35.6. The predicted molar refractivity (Wildman–Crippen MR) is 82.1 cm³/mol. The number of hydrogen-bond acceptors (Lipinski definition) is 3. The Labute approximate surface area is 130 Å². The highest BCUT2D eigenvalue weighted by Gasteiger charge is 2.22. The minimum Gasteiger partial charge on any atom is -0.396 e. The van der Waals surface area contributed by atoms with Crippen molar-refractivity contribution in [3.05, 3.63) is 48.4 Å². The van der Waals surface area contributed by atoms with Crippen molar-refractivity contribution in [1.29, 1.82) is 0 Å². The molecule has 0 unspecified atom stereocenters. The number of imidazole rings is 1. The molecule has 0 aliphatic rings. The SMILES string of the molecule is Nc1cnc2nc(-c3ccc(C(Cl)(Cl)Cl)cc3)cn2c1. The lowest BCUT2D eigenvalue weighted by atomic mass is 10.1. The topological polar surface area (TPSA) is 56.2 Å². The van der Waals surface area contributed by atoms with Crippen molar-refractivity contribution in [2.75, 3.05) is 5.73 Å². The van der Waals surface area contributed by atoms with Gasteiger partial charge in [0, 0.05) is 23.5 Å². The molecule has 20 heavy (non-hydrogen) atoms. The summed E-state index contributed by atoms with van der Waals surface area (Å²) in [6, 6.07) is 7.22. The zero-order valence-electron chi connectivity index (χ0n) is 10.1. The molecule has 1 aromatic carbocycles. The second-order valence-electron chi connectivity index (χ2n) is 4.30. The van der Waals surface area contributed by atoms with Crippen LogP contribution < -0.4 is 5.73 Å². The fourth-order valence-corrected chi connectivity index (χ4v) is 2.25. The van der Waals surface area contributed by atoms with E-state index in [1.165, 1.54) is 0 Å². The number of benzene rings is 1. The van der Waals surface area contributed by atoms with Gasteiger partial charge in [0.1, 0.15) is 0 Å². The maximum atomic E-state index is 5.83. The minimum absolute atomic E-state index is 0.577. The summed E-state index contributed by atoms with van der Waals surface area (Å²) in [5.74, 6) is 0.583. The molecule has 2 heterocycles. The van der Waals surface area contributed by atoms with Crippen LogP contribution in [0.2, 0.25) is 0 Å². The molecule has 3 rings (SSSR count). The van der Waals surface area contributed by atoms with Crippen LogP contribution in [0.3, 0.4) is 0 Å². The predicted octanol–water partition coefficient (Wildman–Crippen LogP) is 3.81. The highest BCUT2D eigenvalue weighted by Crippen LogP contribution is 2.38.